The second-order valence-corrected chi connectivity index (χ2v) is 31.0. The standard InChI is InChI=1S/C102H60N4S2/c1-2-20-69(21-3-1)98-104-99(106-100(105-98)72-54-55-78-77-26-8-14-33-86(77)102(88(78)58-72)87-34-15-9-27-80(87)96-94(102)82-28-10-16-35-92(82)107-96)70-51-47-64(48-52-70)62-39-37-61(38-40-62)63-45-49-68(50-46-63)90-59-73(60-91(103-90)79-30-18-22-67-19-4-5-23-74(67)79)66-43-41-65(42-44-66)71-53-56-81-89(57-71)101(95-83-29-11-17-36-93(83)108-97(81)95)84-31-12-6-24-75(84)76-25-7-13-32-85(76)101/h1-60H. The minimum absolute atomic E-state index is 0.430. The molecule has 0 aliphatic heterocycles. The molecule has 0 saturated heterocycles. The Kier molecular flexibility index (Phi) is 13.3. The number of thiophene rings is 2. The van der Waals surface area contributed by atoms with E-state index in [2.05, 4.69) is 346 Å². The Labute approximate surface area is 632 Å². The van der Waals surface area contributed by atoms with Crippen LogP contribution in [-0.4, -0.2) is 19.9 Å². The number of hydrogen-bond acceptors (Lipinski definition) is 6. The average molecular weight is 1410 g/mol. The summed E-state index contributed by atoms with van der Waals surface area (Å²) >= 11 is 3.83. The van der Waals surface area contributed by atoms with Crippen LogP contribution in [-0.2, 0) is 10.8 Å². The Morgan fingerprint density at radius 3 is 1.10 bits per heavy atom. The van der Waals surface area contributed by atoms with Gasteiger partial charge in [0.1, 0.15) is 0 Å². The molecule has 6 heteroatoms. The van der Waals surface area contributed by atoms with Crippen LogP contribution in [0, 0.1) is 0 Å². The molecule has 2 spiro atoms. The third-order valence-corrected chi connectivity index (χ3v) is 25.8. The minimum Gasteiger partial charge on any atom is -0.248 e. The van der Waals surface area contributed by atoms with E-state index in [1.165, 1.54) is 130 Å². The fraction of sp³-hybridized carbons (Fsp3) is 0.0196. The van der Waals surface area contributed by atoms with Gasteiger partial charge >= 0.3 is 0 Å². The second-order valence-electron chi connectivity index (χ2n) is 28.9. The molecule has 0 bridgehead atoms. The van der Waals surface area contributed by atoms with Crippen molar-refractivity contribution >= 4 is 53.6 Å². The number of pyridine rings is 1. The van der Waals surface area contributed by atoms with Gasteiger partial charge in [0, 0.05) is 47.0 Å². The second kappa shape index (κ2) is 23.6. The predicted molar refractivity (Wildman–Crippen MR) is 447 cm³/mol. The molecule has 500 valence electrons. The van der Waals surface area contributed by atoms with Crippen LogP contribution in [0.1, 0.15) is 44.5 Å². The molecule has 15 aromatic carbocycles. The maximum absolute atomic E-state index is 5.49. The summed E-state index contributed by atoms with van der Waals surface area (Å²) in [7, 11) is 0. The Bertz CT molecular complexity index is 6920. The fourth-order valence-corrected chi connectivity index (χ4v) is 21.2. The summed E-state index contributed by atoms with van der Waals surface area (Å²) in [6.45, 7) is 0. The molecule has 0 saturated carbocycles. The molecular weight excluding hydrogens is 1350 g/mol. The number of nitrogens with zero attached hydrogens (tertiary/aromatic N) is 4. The third kappa shape index (κ3) is 8.90. The lowest BCUT2D eigenvalue weighted by atomic mass is 9.70. The molecular formula is C102H60N4S2. The van der Waals surface area contributed by atoms with Gasteiger partial charge in [-0.3, -0.25) is 0 Å². The maximum Gasteiger partial charge on any atom is 0.164 e. The summed E-state index contributed by atoms with van der Waals surface area (Å²) in [4.78, 5) is 24.1. The van der Waals surface area contributed by atoms with E-state index < -0.39 is 10.8 Å². The highest BCUT2D eigenvalue weighted by Crippen LogP contribution is 2.68. The minimum atomic E-state index is -0.513. The SMILES string of the molecule is c1ccc(-c2nc(-c3ccc(-c4ccc(-c5ccc(-c6cc(-c7ccc(-c8ccc9c(c8)C8(c%10ccccc%10-c%10ccccc%108)c8c-9sc9ccccc89)cc7)cc(-c7cccc8ccccc78)n6)cc5)cc4)cc3)nc(-c3ccc4c(c3)C3(c5ccccc5-4)c4ccccc4-c4sc5ccccc5c43)n2)cc1. The largest absolute Gasteiger partial charge is 0.248 e. The Hall–Kier alpha value is -13.4. The number of benzene rings is 15. The van der Waals surface area contributed by atoms with E-state index in [9.17, 15) is 0 Å². The van der Waals surface area contributed by atoms with E-state index >= 15 is 0 Å². The smallest absolute Gasteiger partial charge is 0.164 e. The Morgan fingerprint density at radius 2 is 0.537 bits per heavy atom. The van der Waals surface area contributed by atoms with E-state index in [4.69, 9.17) is 19.9 Å². The predicted octanol–water partition coefficient (Wildman–Crippen LogP) is 26.5. The van der Waals surface area contributed by atoms with Crippen LogP contribution in [0.5, 0.6) is 0 Å². The first-order chi connectivity index (χ1) is 53.5. The molecule has 1 unspecified atom stereocenters. The van der Waals surface area contributed by atoms with Crippen LogP contribution >= 0.6 is 22.7 Å². The summed E-state index contributed by atoms with van der Waals surface area (Å²) in [5.41, 5.74) is 33.5. The van der Waals surface area contributed by atoms with Crippen molar-refractivity contribution in [1.29, 1.82) is 0 Å². The highest BCUT2D eigenvalue weighted by atomic mass is 32.1. The molecule has 4 nitrogen and oxygen atoms in total. The topological polar surface area (TPSA) is 51.6 Å². The van der Waals surface area contributed by atoms with E-state index in [0.717, 1.165) is 72.6 Å². The van der Waals surface area contributed by atoms with Gasteiger partial charge in [-0.2, -0.15) is 0 Å². The van der Waals surface area contributed by atoms with Gasteiger partial charge in [0.25, 0.3) is 0 Å². The van der Waals surface area contributed by atoms with Gasteiger partial charge in [-0.1, -0.05) is 328 Å². The van der Waals surface area contributed by atoms with Gasteiger partial charge < -0.3 is 0 Å². The lowest BCUT2D eigenvalue weighted by Gasteiger charge is -2.30. The van der Waals surface area contributed by atoms with Gasteiger partial charge in [0.05, 0.1) is 22.2 Å². The van der Waals surface area contributed by atoms with Crippen molar-refractivity contribution in [2.24, 2.45) is 0 Å². The van der Waals surface area contributed by atoms with Crippen molar-refractivity contribution in [1.82, 2.24) is 19.9 Å². The van der Waals surface area contributed by atoms with Crippen LogP contribution in [0.25, 0.3) is 175 Å². The summed E-state index contributed by atoms with van der Waals surface area (Å²) < 4.78 is 2.63. The van der Waals surface area contributed by atoms with E-state index in [1.54, 1.807) is 0 Å². The first kappa shape index (κ1) is 61.0. The van der Waals surface area contributed by atoms with Crippen LogP contribution in [0.2, 0.25) is 0 Å². The molecule has 23 rings (SSSR count). The molecule has 4 aliphatic rings. The maximum atomic E-state index is 5.49. The van der Waals surface area contributed by atoms with Crippen molar-refractivity contribution < 1.29 is 0 Å². The number of fused-ring (bicyclic) bond motifs is 25. The quantitative estimate of drug-likeness (QED) is 0.145. The van der Waals surface area contributed by atoms with Gasteiger partial charge in [0.15, 0.2) is 17.5 Å². The van der Waals surface area contributed by atoms with Crippen molar-refractivity contribution in [3.05, 3.63) is 408 Å². The molecule has 0 radical (unpaired) electrons. The summed E-state index contributed by atoms with van der Waals surface area (Å²) in [6, 6.07) is 134. The van der Waals surface area contributed by atoms with Crippen molar-refractivity contribution in [3.8, 4) is 144 Å². The van der Waals surface area contributed by atoms with E-state index in [1.807, 2.05) is 40.9 Å². The normalized spacial score (nSPS) is 14.2. The van der Waals surface area contributed by atoms with Gasteiger partial charge in [-0.15, -0.1) is 22.7 Å². The Balaban J connectivity index is 0.555. The lowest BCUT2D eigenvalue weighted by Crippen LogP contribution is -2.25. The molecule has 4 heterocycles. The molecule has 4 aromatic heterocycles. The van der Waals surface area contributed by atoms with Gasteiger partial charge in [-0.25, -0.2) is 19.9 Å². The molecule has 0 N–H and O–H groups in total. The summed E-state index contributed by atoms with van der Waals surface area (Å²) in [6.07, 6.45) is 0. The fourth-order valence-electron chi connectivity index (χ4n) is 18.6. The van der Waals surface area contributed by atoms with Crippen molar-refractivity contribution in [3.63, 3.8) is 0 Å². The first-order valence-electron chi connectivity index (χ1n) is 37.0. The average Bonchev–Trinajstić information content (AvgIpc) is 1.50. The lowest BCUT2D eigenvalue weighted by molar-refractivity contribution is 0.802. The molecule has 4 aliphatic carbocycles. The Morgan fingerprint density at radius 1 is 0.194 bits per heavy atom. The number of aromatic nitrogens is 4. The van der Waals surface area contributed by atoms with Gasteiger partial charge in [0.2, 0.25) is 0 Å². The van der Waals surface area contributed by atoms with Gasteiger partial charge in [-0.05, 0) is 180 Å². The van der Waals surface area contributed by atoms with Crippen molar-refractivity contribution in [2.45, 2.75) is 10.8 Å². The molecule has 108 heavy (non-hydrogen) atoms. The summed E-state index contributed by atoms with van der Waals surface area (Å²) in [5, 5.41) is 5.01. The highest BCUT2D eigenvalue weighted by molar-refractivity contribution is 7.23. The van der Waals surface area contributed by atoms with E-state index in [0.29, 0.717) is 17.5 Å². The highest BCUT2D eigenvalue weighted by Gasteiger charge is 2.55. The number of rotatable bonds is 9. The van der Waals surface area contributed by atoms with Crippen molar-refractivity contribution in [2.75, 3.05) is 0 Å². The molecule has 19 aromatic rings. The first-order valence-corrected chi connectivity index (χ1v) is 38.6. The van der Waals surface area contributed by atoms with Crippen LogP contribution < -0.4 is 0 Å². The monoisotopic (exact) mass is 1400 g/mol. The van der Waals surface area contributed by atoms with Crippen LogP contribution in [0.15, 0.2) is 364 Å². The van der Waals surface area contributed by atoms with Crippen LogP contribution in [0.3, 0.4) is 0 Å². The van der Waals surface area contributed by atoms with Crippen LogP contribution in [0.4, 0.5) is 0 Å². The molecule has 0 amide bonds. The third-order valence-electron chi connectivity index (χ3n) is 23.4. The number of hydrogen-bond donors (Lipinski definition) is 0. The van der Waals surface area contributed by atoms with E-state index in [-0.39, 0.29) is 0 Å². The zero-order chi connectivity index (χ0) is 70.8. The zero-order valence-electron chi connectivity index (χ0n) is 58.2. The molecule has 1 atom stereocenters. The summed E-state index contributed by atoms with van der Waals surface area (Å²) in [5.74, 6) is 1.88. The molecule has 0 fully saturated rings. The zero-order valence-corrected chi connectivity index (χ0v) is 59.9.